The van der Waals surface area contributed by atoms with Gasteiger partial charge in [0.25, 0.3) is 0 Å². The first-order chi connectivity index (χ1) is 10.9. The highest BCUT2D eigenvalue weighted by Gasteiger charge is 2.10. The van der Waals surface area contributed by atoms with E-state index in [9.17, 15) is 0 Å². The van der Waals surface area contributed by atoms with Gasteiger partial charge in [0.05, 0.1) is 0 Å². The molecule has 0 aliphatic rings. The highest BCUT2D eigenvalue weighted by atomic mass is 32.1. The molecule has 3 heteroatoms. The van der Waals surface area contributed by atoms with Crippen LogP contribution in [0.4, 0.5) is 0 Å². The molecule has 0 N–H and O–H groups in total. The zero-order valence-electron chi connectivity index (χ0n) is 11.6. The Morgan fingerprint density at radius 2 is 1.59 bits per heavy atom. The third-order valence-electron chi connectivity index (χ3n) is 3.92. The number of aromatic nitrogens is 1. The van der Waals surface area contributed by atoms with Crippen molar-refractivity contribution >= 4 is 42.6 Å². The van der Waals surface area contributed by atoms with Crippen LogP contribution in [0.25, 0.3) is 42.7 Å². The van der Waals surface area contributed by atoms with Gasteiger partial charge in [-0.15, -0.1) is 11.3 Å². The minimum Gasteiger partial charge on any atom is -0.436 e. The monoisotopic (exact) mass is 301 g/mol. The highest BCUT2D eigenvalue weighted by Crippen LogP contribution is 2.36. The first kappa shape index (κ1) is 12.0. The number of oxazole rings is 1. The van der Waals surface area contributed by atoms with Gasteiger partial charge in [-0.2, -0.15) is 0 Å². The number of para-hydroxylation sites is 2. The second kappa shape index (κ2) is 4.42. The van der Waals surface area contributed by atoms with Crippen LogP contribution in [0.2, 0.25) is 0 Å². The molecule has 3 aromatic carbocycles. The molecule has 0 aliphatic heterocycles. The molecule has 0 atom stereocenters. The lowest BCUT2D eigenvalue weighted by Crippen LogP contribution is -1.76. The number of thiophene rings is 1. The molecule has 5 rings (SSSR count). The van der Waals surface area contributed by atoms with Crippen molar-refractivity contribution in [3.8, 4) is 11.5 Å². The van der Waals surface area contributed by atoms with Crippen LogP contribution < -0.4 is 0 Å². The summed E-state index contributed by atoms with van der Waals surface area (Å²) in [5, 5.41) is 2.60. The lowest BCUT2D eigenvalue weighted by atomic mass is 10.1. The third kappa shape index (κ3) is 1.69. The first-order valence-electron chi connectivity index (χ1n) is 7.16. The van der Waals surface area contributed by atoms with Gasteiger partial charge >= 0.3 is 0 Å². The number of nitrogens with zero attached hydrogens (tertiary/aromatic N) is 1. The summed E-state index contributed by atoms with van der Waals surface area (Å²) in [6, 6.07) is 22.8. The molecule has 2 aromatic heterocycles. The van der Waals surface area contributed by atoms with E-state index < -0.39 is 0 Å². The summed E-state index contributed by atoms with van der Waals surface area (Å²) in [4.78, 5) is 4.58. The quantitative estimate of drug-likeness (QED) is 0.387. The molecule has 2 nitrogen and oxygen atoms in total. The van der Waals surface area contributed by atoms with Crippen LogP contribution in [-0.2, 0) is 0 Å². The van der Waals surface area contributed by atoms with Crippen molar-refractivity contribution in [1.82, 2.24) is 4.98 Å². The van der Waals surface area contributed by atoms with E-state index in [2.05, 4.69) is 47.4 Å². The van der Waals surface area contributed by atoms with Gasteiger partial charge in [-0.25, -0.2) is 4.98 Å². The van der Waals surface area contributed by atoms with E-state index in [1.807, 2.05) is 35.6 Å². The Bertz CT molecular complexity index is 1100. The molecule has 0 aliphatic carbocycles. The molecule has 2 heterocycles. The molecule has 0 spiro atoms. The minimum atomic E-state index is 0.681. The predicted octanol–water partition coefficient (Wildman–Crippen LogP) is 5.86. The van der Waals surface area contributed by atoms with E-state index >= 15 is 0 Å². The molecule has 0 amide bonds. The fraction of sp³-hybridized carbons (Fsp3) is 0. The summed E-state index contributed by atoms with van der Waals surface area (Å²) in [7, 11) is 0. The van der Waals surface area contributed by atoms with Crippen LogP contribution in [0.1, 0.15) is 0 Å². The largest absolute Gasteiger partial charge is 0.436 e. The van der Waals surface area contributed by atoms with Gasteiger partial charge in [0, 0.05) is 25.7 Å². The molecule has 104 valence electrons. The normalized spacial score (nSPS) is 11.6. The number of benzene rings is 3. The highest BCUT2D eigenvalue weighted by molar-refractivity contribution is 7.25. The fourth-order valence-corrected chi connectivity index (χ4v) is 4.00. The Balaban J connectivity index is 1.75. The van der Waals surface area contributed by atoms with E-state index in [-0.39, 0.29) is 0 Å². The average Bonchev–Trinajstić information content (AvgIpc) is 3.15. The van der Waals surface area contributed by atoms with Gasteiger partial charge in [-0.3, -0.25) is 0 Å². The Morgan fingerprint density at radius 3 is 2.55 bits per heavy atom. The minimum absolute atomic E-state index is 0.681. The standard InChI is InChI=1S/C19H11NOS/c1-4-8-17-13(5-1)14-10-9-12(11-18(14)22-17)19-20-15-6-2-3-7-16(15)21-19/h1-11H. The van der Waals surface area contributed by atoms with Crippen molar-refractivity contribution in [3.63, 3.8) is 0 Å². The van der Waals surface area contributed by atoms with E-state index in [0.717, 1.165) is 16.7 Å². The molecule has 0 radical (unpaired) electrons. The van der Waals surface area contributed by atoms with Crippen molar-refractivity contribution in [3.05, 3.63) is 66.7 Å². The van der Waals surface area contributed by atoms with Gasteiger partial charge < -0.3 is 4.42 Å². The predicted molar refractivity (Wildman–Crippen MR) is 92.3 cm³/mol. The van der Waals surface area contributed by atoms with Crippen molar-refractivity contribution in [2.45, 2.75) is 0 Å². The van der Waals surface area contributed by atoms with Crippen molar-refractivity contribution in [2.75, 3.05) is 0 Å². The maximum absolute atomic E-state index is 5.87. The fourth-order valence-electron chi connectivity index (χ4n) is 2.85. The molecule has 0 saturated heterocycles. The maximum atomic E-state index is 5.87. The molecule has 0 bridgehead atoms. The number of fused-ring (bicyclic) bond motifs is 4. The van der Waals surface area contributed by atoms with Crippen LogP contribution in [0.3, 0.4) is 0 Å². The van der Waals surface area contributed by atoms with Crippen molar-refractivity contribution in [2.24, 2.45) is 0 Å². The van der Waals surface area contributed by atoms with Gasteiger partial charge in [0.2, 0.25) is 5.89 Å². The van der Waals surface area contributed by atoms with E-state index in [0.29, 0.717) is 5.89 Å². The van der Waals surface area contributed by atoms with Crippen LogP contribution >= 0.6 is 11.3 Å². The molecular formula is C19H11NOS. The lowest BCUT2D eigenvalue weighted by molar-refractivity contribution is 0.620. The van der Waals surface area contributed by atoms with Gasteiger partial charge in [0.15, 0.2) is 5.58 Å². The second-order valence-corrected chi connectivity index (χ2v) is 6.38. The summed E-state index contributed by atoms with van der Waals surface area (Å²) in [5.41, 5.74) is 2.75. The summed E-state index contributed by atoms with van der Waals surface area (Å²) in [6.07, 6.45) is 0. The Labute approximate surface area is 130 Å². The summed E-state index contributed by atoms with van der Waals surface area (Å²) < 4.78 is 8.45. The molecule has 22 heavy (non-hydrogen) atoms. The maximum Gasteiger partial charge on any atom is 0.227 e. The second-order valence-electron chi connectivity index (χ2n) is 5.30. The molecule has 0 unspecified atom stereocenters. The SMILES string of the molecule is c1ccc2oc(-c3ccc4c(c3)sc3ccccc34)nc2c1. The molecular weight excluding hydrogens is 290 g/mol. The van der Waals surface area contributed by atoms with E-state index in [1.165, 1.54) is 20.2 Å². The summed E-state index contributed by atoms with van der Waals surface area (Å²) in [6.45, 7) is 0. The lowest BCUT2D eigenvalue weighted by Gasteiger charge is -1.96. The summed E-state index contributed by atoms with van der Waals surface area (Å²) in [5.74, 6) is 0.681. The molecule has 5 aromatic rings. The van der Waals surface area contributed by atoms with Gasteiger partial charge in [-0.1, -0.05) is 36.4 Å². The first-order valence-corrected chi connectivity index (χ1v) is 7.97. The number of rotatable bonds is 1. The number of hydrogen-bond donors (Lipinski definition) is 0. The van der Waals surface area contributed by atoms with Gasteiger partial charge in [0.1, 0.15) is 5.52 Å². The number of hydrogen-bond acceptors (Lipinski definition) is 3. The molecule has 0 saturated carbocycles. The zero-order valence-corrected chi connectivity index (χ0v) is 12.4. The summed E-state index contributed by atoms with van der Waals surface area (Å²) >= 11 is 1.81. The van der Waals surface area contributed by atoms with Crippen molar-refractivity contribution < 1.29 is 4.42 Å². The third-order valence-corrected chi connectivity index (χ3v) is 5.05. The Kier molecular flexibility index (Phi) is 2.40. The van der Waals surface area contributed by atoms with E-state index in [4.69, 9.17) is 4.42 Å². The Morgan fingerprint density at radius 1 is 0.773 bits per heavy atom. The molecule has 0 fully saturated rings. The topological polar surface area (TPSA) is 26.0 Å². The van der Waals surface area contributed by atoms with Crippen LogP contribution in [-0.4, -0.2) is 4.98 Å². The van der Waals surface area contributed by atoms with E-state index in [1.54, 1.807) is 0 Å². The van der Waals surface area contributed by atoms with Crippen LogP contribution in [0.5, 0.6) is 0 Å². The average molecular weight is 301 g/mol. The van der Waals surface area contributed by atoms with Crippen molar-refractivity contribution in [1.29, 1.82) is 0 Å². The Hall–Kier alpha value is -2.65. The smallest absolute Gasteiger partial charge is 0.227 e. The zero-order chi connectivity index (χ0) is 14.5. The van der Waals surface area contributed by atoms with Crippen LogP contribution in [0, 0.1) is 0 Å². The van der Waals surface area contributed by atoms with Crippen LogP contribution in [0.15, 0.2) is 71.1 Å². The van der Waals surface area contributed by atoms with Gasteiger partial charge in [-0.05, 0) is 30.3 Å².